The Morgan fingerprint density at radius 2 is 0.619 bits per heavy atom. The lowest BCUT2D eigenvalue weighted by atomic mass is 10.1. The first-order valence-corrected chi connectivity index (χ1v) is 25.4. The van der Waals surface area contributed by atoms with E-state index in [4.69, 9.17) is 14.2 Å². The average Bonchev–Trinajstić information content (AvgIpc) is 3.28. The number of unbranched alkanes of at least 4 members (excludes halogenated alkanes) is 15. The van der Waals surface area contributed by atoms with Crippen LogP contribution in [0.3, 0.4) is 0 Å². The maximum atomic E-state index is 12.7. The maximum absolute atomic E-state index is 12.7. The van der Waals surface area contributed by atoms with Crippen molar-refractivity contribution in [2.75, 3.05) is 13.2 Å². The minimum Gasteiger partial charge on any atom is -0.462 e. The highest BCUT2D eigenvalue weighted by Crippen LogP contribution is 2.12. The van der Waals surface area contributed by atoms with Gasteiger partial charge in [-0.3, -0.25) is 14.4 Å². The van der Waals surface area contributed by atoms with Crippen LogP contribution in [0.5, 0.6) is 0 Å². The van der Waals surface area contributed by atoms with Gasteiger partial charge in [0.1, 0.15) is 13.2 Å². The van der Waals surface area contributed by atoms with Gasteiger partial charge in [-0.05, 0) is 109 Å². The average molecular weight is 873 g/mol. The van der Waals surface area contributed by atoms with E-state index in [0.717, 1.165) is 116 Å². The van der Waals surface area contributed by atoms with Crippen LogP contribution in [0.4, 0.5) is 0 Å². The Bertz CT molecular complexity index is 1330. The molecular formula is C57H92O6. The number of hydrogen-bond acceptors (Lipinski definition) is 6. The van der Waals surface area contributed by atoms with Crippen LogP contribution in [-0.2, 0) is 28.6 Å². The van der Waals surface area contributed by atoms with Crippen molar-refractivity contribution < 1.29 is 28.6 Å². The van der Waals surface area contributed by atoms with Crippen LogP contribution >= 0.6 is 0 Å². The molecule has 6 heteroatoms. The summed E-state index contributed by atoms with van der Waals surface area (Å²) in [6, 6.07) is 0. The molecule has 1 atom stereocenters. The van der Waals surface area contributed by atoms with Gasteiger partial charge < -0.3 is 14.2 Å². The molecule has 0 saturated heterocycles. The second kappa shape index (κ2) is 50.7. The predicted molar refractivity (Wildman–Crippen MR) is 270 cm³/mol. The van der Waals surface area contributed by atoms with Crippen LogP contribution in [-0.4, -0.2) is 37.2 Å². The minimum atomic E-state index is -0.797. The monoisotopic (exact) mass is 873 g/mol. The lowest BCUT2D eigenvalue weighted by Gasteiger charge is -2.18. The van der Waals surface area contributed by atoms with E-state index < -0.39 is 6.10 Å². The summed E-state index contributed by atoms with van der Waals surface area (Å²) < 4.78 is 16.6. The summed E-state index contributed by atoms with van der Waals surface area (Å²) in [6.07, 6.45) is 68.2. The van der Waals surface area contributed by atoms with Crippen molar-refractivity contribution >= 4 is 17.9 Å². The molecule has 0 aliphatic rings. The molecule has 0 aromatic heterocycles. The van der Waals surface area contributed by atoms with Gasteiger partial charge in [-0.2, -0.15) is 0 Å². The smallest absolute Gasteiger partial charge is 0.306 e. The first kappa shape index (κ1) is 59.1. The summed E-state index contributed by atoms with van der Waals surface area (Å²) >= 11 is 0. The van der Waals surface area contributed by atoms with E-state index in [9.17, 15) is 14.4 Å². The molecular weight excluding hydrogens is 781 g/mol. The van der Waals surface area contributed by atoms with Crippen molar-refractivity contribution in [3.8, 4) is 0 Å². The van der Waals surface area contributed by atoms with Crippen molar-refractivity contribution in [2.24, 2.45) is 0 Å². The van der Waals surface area contributed by atoms with Gasteiger partial charge in [0.2, 0.25) is 0 Å². The molecule has 0 aliphatic carbocycles. The van der Waals surface area contributed by atoms with Crippen LogP contribution in [0.1, 0.15) is 213 Å². The first-order valence-electron chi connectivity index (χ1n) is 25.4. The summed E-state index contributed by atoms with van der Waals surface area (Å²) in [7, 11) is 0. The molecule has 63 heavy (non-hydrogen) atoms. The molecule has 0 saturated carbocycles. The second-order valence-electron chi connectivity index (χ2n) is 16.3. The predicted octanol–water partition coefficient (Wildman–Crippen LogP) is 16.8. The lowest BCUT2D eigenvalue weighted by molar-refractivity contribution is -0.167. The van der Waals surface area contributed by atoms with Gasteiger partial charge in [0.15, 0.2) is 6.10 Å². The Balaban J connectivity index is 4.28. The van der Waals surface area contributed by atoms with Crippen LogP contribution in [0.2, 0.25) is 0 Å². The molecule has 0 heterocycles. The Kier molecular flexibility index (Phi) is 47.5. The summed E-state index contributed by atoms with van der Waals surface area (Å²) in [6.45, 7) is 6.37. The van der Waals surface area contributed by atoms with E-state index in [1.54, 1.807) is 0 Å². The first-order chi connectivity index (χ1) is 31.0. The molecule has 1 unspecified atom stereocenters. The number of carbonyl (C=O) groups is 3. The zero-order valence-corrected chi connectivity index (χ0v) is 40.5. The van der Waals surface area contributed by atoms with Gasteiger partial charge in [-0.25, -0.2) is 0 Å². The Labute approximate surface area is 387 Å². The standard InChI is InChI=1S/C57H92O6/c1-4-7-10-13-16-18-20-22-23-24-25-26-27-28-29-30-31-32-33-34-35-36-38-39-41-44-47-50-56(59)62-53-54(52-61-55(58)49-46-43-15-12-9-6-3)63-57(60)51-48-45-42-40-37-21-19-17-14-11-8-5-2/h7,10,16-19,22-23,25-26,28-29,31-32,34-35,38-39,54H,4-6,8-9,11-15,20-21,24,27,30,33,36-37,40-53H2,1-3H3/b10-7-,18-16-,19-17-,23-22-,26-25-,29-28-,32-31-,35-34-,39-38-. The molecule has 0 bridgehead atoms. The van der Waals surface area contributed by atoms with Gasteiger partial charge in [-0.1, -0.05) is 194 Å². The highest BCUT2D eigenvalue weighted by Gasteiger charge is 2.19. The minimum absolute atomic E-state index is 0.0969. The molecule has 0 spiro atoms. The molecule has 6 nitrogen and oxygen atoms in total. The third-order valence-corrected chi connectivity index (χ3v) is 10.3. The Morgan fingerprint density at radius 1 is 0.333 bits per heavy atom. The lowest BCUT2D eigenvalue weighted by Crippen LogP contribution is -2.30. The van der Waals surface area contributed by atoms with E-state index in [1.807, 2.05) is 0 Å². The van der Waals surface area contributed by atoms with Crippen LogP contribution in [0.25, 0.3) is 0 Å². The molecule has 0 radical (unpaired) electrons. The summed E-state index contributed by atoms with van der Waals surface area (Å²) in [4.78, 5) is 37.6. The molecule has 0 amide bonds. The van der Waals surface area contributed by atoms with Gasteiger partial charge >= 0.3 is 17.9 Å². The van der Waals surface area contributed by atoms with E-state index in [1.165, 1.54) is 51.4 Å². The number of carbonyl (C=O) groups excluding carboxylic acids is 3. The molecule has 0 aromatic rings. The van der Waals surface area contributed by atoms with E-state index in [-0.39, 0.29) is 31.1 Å². The molecule has 356 valence electrons. The van der Waals surface area contributed by atoms with Crippen molar-refractivity contribution in [3.63, 3.8) is 0 Å². The van der Waals surface area contributed by atoms with Crippen molar-refractivity contribution in [2.45, 2.75) is 219 Å². The van der Waals surface area contributed by atoms with E-state index in [2.05, 4.69) is 130 Å². The fraction of sp³-hybridized carbons (Fsp3) is 0.632. The van der Waals surface area contributed by atoms with E-state index >= 15 is 0 Å². The second-order valence-corrected chi connectivity index (χ2v) is 16.3. The Hall–Kier alpha value is -3.93. The van der Waals surface area contributed by atoms with Crippen LogP contribution in [0.15, 0.2) is 109 Å². The normalized spacial score (nSPS) is 13.0. The zero-order chi connectivity index (χ0) is 45.8. The van der Waals surface area contributed by atoms with Gasteiger partial charge in [-0.15, -0.1) is 0 Å². The molecule has 0 fully saturated rings. The SMILES string of the molecule is CC/C=C\C/C=C\C/C=C\C/C=C\C/C=C\C/C=C\C/C=C\C/C=C\CCCCC(=O)OCC(COC(=O)CCCCCCCC)OC(=O)CCCCCCC/C=C\CCCCC. The maximum Gasteiger partial charge on any atom is 0.306 e. The number of rotatable bonds is 44. The molecule has 0 rings (SSSR count). The van der Waals surface area contributed by atoms with Crippen molar-refractivity contribution in [1.82, 2.24) is 0 Å². The van der Waals surface area contributed by atoms with Gasteiger partial charge in [0.05, 0.1) is 0 Å². The third-order valence-electron chi connectivity index (χ3n) is 10.3. The number of allylic oxidation sites excluding steroid dienone is 18. The van der Waals surface area contributed by atoms with Gasteiger partial charge in [0, 0.05) is 19.3 Å². The number of hydrogen-bond donors (Lipinski definition) is 0. The summed E-state index contributed by atoms with van der Waals surface area (Å²) in [5.41, 5.74) is 0. The Morgan fingerprint density at radius 3 is 1.05 bits per heavy atom. The summed E-state index contributed by atoms with van der Waals surface area (Å²) in [5.74, 6) is -0.970. The summed E-state index contributed by atoms with van der Waals surface area (Å²) in [5, 5.41) is 0. The van der Waals surface area contributed by atoms with Crippen LogP contribution in [0, 0.1) is 0 Å². The van der Waals surface area contributed by atoms with Crippen LogP contribution < -0.4 is 0 Å². The highest BCUT2D eigenvalue weighted by molar-refractivity contribution is 5.71. The van der Waals surface area contributed by atoms with E-state index in [0.29, 0.717) is 25.7 Å². The van der Waals surface area contributed by atoms with Crippen molar-refractivity contribution in [1.29, 1.82) is 0 Å². The topological polar surface area (TPSA) is 78.9 Å². The fourth-order valence-electron chi connectivity index (χ4n) is 6.45. The molecule has 0 aliphatic heterocycles. The third kappa shape index (κ3) is 49.0. The van der Waals surface area contributed by atoms with Gasteiger partial charge in [0.25, 0.3) is 0 Å². The molecule has 0 N–H and O–H groups in total. The fourth-order valence-corrected chi connectivity index (χ4v) is 6.45. The quantitative estimate of drug-likeness (QED) is 0.0263. The number of ether oxygens (including phenoxy) is 3. The zero-order valence-electron chi connectivity index (χ0n) is 40.5. The number of esters is 3. The largest absolute Gasteiger partial charge is 0.462 e. The highest BCUT2D eigenvalue weighted by atomic mass is 16.6. The van der Waals surface area contributed by atoms with Crippen molar-refractivity contribution in [3.05, 3.63) is 109 Å². The molecule has 0 aromatic carbocycles.